The van der Waals surface area contributed by atoms with Crippen molar-refractivity contribution >= 4 is 5.97 Å². The second-order valence-electron chi connectivity index (χ2n) is 6.26. The molecule has 2 N–H and O–H groups in total. The molecule has 4 rings (SSSR count). The van der Waals surface area contributed by atoms with Crippen molar-refractivity contribution in [2.75, 3.05) is 0 Å². The SMILES string of the molecule is O=C(O)[C@H]1Cc2nc[nH]c2CN1Cc1ccccc1Cn1cccn1. The van der Waals surface area contributed by atoms with E-state index in [1.807, 2.05) is 34.0 Å². The van der Waals surface area contributed by atoms with Crippen LogP contribution in [0.15, 0.2) is 49.1 Å². The summed E-state index contributed by atoms with van der Waals surface area (Å²) in [5.74, 6) is -0.807. The Morgan fingerprint density at radius 1 is 1.24 bits per heavy atom. The van der Waals surface area contributed by atoms with Gasteiger partial charge in [-0.05, 0) is 17.2 Å². The third-order valence-electron chi connectivity index (χ3n) is 4.66. The van der Waals surface area contributed by atoms with Gasteiger partial charge in [0, 0.05) is 31.9 Å². The zero-order chi connectivity index (χ0) is 17.2. The number of imidazole rings is 1. The minimum atomic E-state index is -0.807. The van der Waals surface area contributed by atoms with Crippen molar-refractivity contribution < 1.29 is 9.90 Å². The number of benzene rings is 1. The lowest BCUT2D eigenvalue weighted by molar-refractivity contribution is -0.144. The van der Waals surface area contributed by atoms with Crippen LogP contribution in [0.5, 0.6) is 0 Å². The van der Waals surface area contributed by atoms with E-state index >= 15 is 0 Å². The van der Waals surface area contributed by atoms with Gasteiger partial charge >= 0.3 is 5.97 Å². The quantitative estimate of drug-likeness (QED) is 0.739. The molecule has 1 aliphatic rings. The van der Waals surface area contributed by atoms with E-state index in [-0.39, 0.29) is 0 Å². The first kappa shape index (κ1) is 15.6. The number of H-pyrrole nitrogens is 1. The number of aromatic amines is 1. The number of nitrogens with one attached hydrogen (secondary N) is 1. The second kappa shape index (κ2) is 6.52. The van der Waals surface area contributed by atoms with E-state index < -0.39 is 12.0 Å². The summed E-state index contributed by atoms with van der Waals surface area (Å²) in [6.45, 7) is 1.80. The lowest BCUT2D eigenvalue weighted by Crippen LogP contribution is -2.45. The highest BCUT2D eigenvalue weighted by Crippen LogP contribution is 2.24. The van der Waals surface area contributed by atoms with Gasteiger partial charge in [-0.1, -0.05) is 24.3 Å². The number of nitrogens with zero attached hydrogens (tertiary/aromatic N) is 4. The van der Waals surface area contributed by atoms with Crippen molar-refractivity contribution in [2.45, 2.75) is 32.1 Å². The summed E-state index contributed by atoms with van der Waals surface area (Å²) in [5, 5.41) is 13.9. The molecule has 0 spiro atoms. The molecule has 0 amide bonds. The standard InChI is InChI=1S/C18H19N5O2/c24-18(25)17-8-15-16(20-12-19-15)11-22(17)9-13-4-1-2-5-14(13)10-23-7-3-6-21-23/h1-7,12,17H,8-11H2,(H,19,20)(H,24,25)/t17-/m1/s1. The molecule has 7 heteroatoms. The lowest BCUT2D eigenvalue weighted by Gasteiger charge is -2.32. The van der Waals surface area contributed by atoms with Gasteiger partial charge in [0.2, 0.25) is 0 Å². The Labute approximate surface area is 144 Å². The van der Waals surface area contributed by atoms with Gasteiger partial charge in [-0.2, -0.15) is 5.10 Å². The average Bonchev–Trinajstić information content (AvgIpc) is 3.27. The molecule has 25 heavy (non-hydrogen) atoms. The summed E-state index contributed by atoms with van der Waals surface area (Å²) in [6.07, 6.45) is 5.75. The molecule has 0 saturated heterocycles. The Morgan fingerprint density at radius 3 is 2.76 bits per heavy atom. The maximum Gasteiger partial charge on any atom is 0.321 e. The Bertz CT molecular complexity index is 871. The highest BCUT2D eigenvalue weighted by atomic mass is 16.4. The first-order valence-electron chi connectivity index (χ1n) is 8.23. The summed E-state index contributed by atoms with van der Waals surface area (Å²) in [7, 11) is 0. The van der Waals surface area contributed by atoms with Crippen LogP contribution < -0.4 is 0 Å². The van der Waals surface area contributed by atoms with Crippen LogP contribution >= 0.6 is 0 Å². The van der Waals surface area contributed by atoms with Gasteiger partial charge in [0.25, 0.3) is 0 Å². The highest BCUT2D eigenvalue weighted by molar-refractivity contribution is 5.74. The first-order chi connectivity index (χ1) is 12.2. The molecule has 2 aromatic heterocycles. The normalized spacial score (nSPS) is 17.4. The molecule has 7 nitrogen and oxygen atoms in total. The van der Waals surface area contributed by atoms with Crippen molar-refractivity contribution in [1.29, 1.82) is 0 Å². The smallest absolute Gasteiger partial charge is 0.321 e. The second-order valence-corrected chi connectivity index (χ2v) is 6.26. The van der Waals surface area contributed by atoms with E-state index in [1.54, 1.807) is 12.5 Å². The Balaban J connectivity index is 1.60. The number of hydrogen-bond donors (Lipinski definition) is 2. The summed E-state index contributed by atoms with van der Waals surface area (Å²) in [6, 6.07) is 9.45. The summed E-state index contributed by atoms with van der Waals surface area (Å²) in [4.78, 5) is 21.1. The molecular formula is C18H19N5O2. The van der Waals surface area contributed by atoms with Crippen LogP contribution in [0.2, 0.25) is 0 Å². The molecule has 128 valence electrons. The number of rotatable bonds is 5. The Kier molecular flexibility index (Phi) is 4.07. The molecule has 0 unspecified atom stereocenters. The number of aromatic nitrogens is 4. The number of carbonyl (C=O) groups is 1. The topological polar surface area (TPSA) is 87.0 Å². The van der Waals surface area contributed by atoms with Gasteiger partial charge in [-0.25, -0.2) is 4.98 Å². The van der Waals surface area contributed by atoms with Crippen molar-refractivity contribution in [1.82, 2.24) is 24.6 Å². The summed E-state index contributed by atoms with van der Waals surface area (Å²) < 4.78 is 1.87. The van der Waals surface area contributed by atoms with Crippen LogP contribution in [0.3, 0.4) is 0 Å². The third-order valence-corrected chi connectivity index (χ3v) is 4.66. The van der Waals surface area contributed by atoms with Gasteiger partial charge in [0.1, 0.15) is 6.04 Å². The first-order valence-corrected chi connectivity index (χ1v) is 8.23. The molecule has 1 aliphatic heterocycles. The van der Waals surface area contributed by atoms with E-state index in [2.05, 4.69) is 27.2 Å². The molecule has 0 radical (unpaired) electrons. The fourth-order valence-electron chi connectivity index (χ4n) is 3.35. The summed E-state index contributed by atoms with van der Waals surface area (Å²) in [5.41, 5.74) is 4.12. The largest absolute Gasteiger partial charge is 0.480 e. The number of fused-ring (bicyclic) bond motifs is 1. The van der Waals surface area contributed by atoms with Crippen LogP contribution in [0.4, 0.5) is 0 Å². The fourth-order valence-corrected chi connectivity index (χ4v) is 3.35. The molecular weight excluding hydrogens is 318 g/mol. The molecule has 1 atom stereocenters. The van der Waals surface area contributed by atoms with Crippen LogP contribution in [0, 0.1) is 0 Å². The third kappa shape index (κ3) is 3.18. The van der Waals surface area contributed by atoms with Crippen molar-refractivity contribution in [3.8, 4) is 0 Å². The van der Waals surface area contributed by atoms with Crippen LogP contribution in [-0.2, 0) is 30.8 Å². The van der Waals surface area contributed by atoms with Gasteiger partial charge < -0.3 is 10.1 Å². The maximum absolute atomic E-state index is 11.7. The minimum absolute atomic E-state index is 0.426. The van der Waals surface area contributed by atoms with Crippen molar-refractivity contribution in [3.05, 3.63) is 71.6 Å². The van der Waals surface area contributed by atoms with Gasteiger partial charge in [0.15, 0.2) is 0 Å². The molecule has 1 aromatic carbocycles. The van der Waals surface area contributed by atoms with E-state index in [0.717, 1.165) is 22.5 Å². The van der Waals surface area contributed by atoms with E-state index in [0.29, 0.717) is 26.1 Å². The average molecular weight is 337 g/mol. The maximum atomic E-state index is 11.7. The molecule has 3 heterocycles. The van der Waals surface area contributed by atoms with Gasteiger partial charge in [-0.15, -0.1) is 0 Å². The zero-order valence-corrected chi connectivity index (χ0v) is 13.7. The molecule has 0 bridgehead atoms. The van der Waals surface area contributed by atoms with Crippen LogP contribution in [0.25, 0.3) is 0 Å². The van der Waals surface area contributed by atoms with Gasteiger partial charge in [-0.3, -0.25) is 14.4 Å². The predicted molar refractivity (Wildman–Crippen MR) is 90.7 cm³/mol. The number of aliphatic carboxylic acids is 1. The van der Waals surface area contributed by atoms with Crippen LogP contribution in [0.1, 0.15) is 22.5 Å². The Hall–Kier alpha value is -2.93. The van der Waals surface area contributed by atoms with Crippen molar-refractivity contribution in [2.24, 2.45) is 0 Å². The number of carboxylic acid groups (broad SMARTS) is 1. The zero-order valence-electron chi connectivity index (χ0n) is 13.7. The fraction of sp³-hybridized carbons (Fsp3) is 0.278. The van der Waals surface area contributed by atoms with Gasteiger partial charge in [0.05, 0.1) is 24.3 Å². The van der Waals surface area contributed by atoms with E-state index in [1.165, 1.54) is 0 Å². The minimum Gasteiger partial charge on any atom is -0.480 e. The molecule has 0 fully saturated rings. The molecule has 0 saturated carbocycles. The highest BCUT2D eigenvalue weighted by Gasteiger charge is 2.33. The van der Waals surface area contributed by atoms with E-state index in [4.69, 9.17) is 0 Å². The number of carboxylic acids is 1. The number of hydrogen-bond acceptors (Lipinski definition) is 4. The monoisotopic (exact) mass is 337 g/mol. The Morgan fingerprint density at radius 2 is 2.04 bits per heavy atom. The summed E-state index contributed by atoms with van der Waals surface area (Å²) >= 11 is 0. The van der Waals surface area contributed by atoms with Crippen LogP contribution in [-0.4, -0.2) is 41.8 Å². The molecule has 3 aromatic rings. The molecule has 0 aliphatic carbocycles. The van der Waals surface area contributed by atoms with Crippen molar-refractivity contribution in [3.63, 3.8) is 0 Å². The van der Waals surface area contributed by atoms with E-state index in [9.17, 15) is 9.90 Å². The lowest BCUT2D eigenvalue weighted by atomic mass is 10.00. The predicted octanol–water partition coefficient (Wildman–Crippen LogP) is 1.67.